The molecule has 1 amide bonds. The van der Waals surface area contributed by atoms with Gasteiger partial charge in [-0.3, -0.25) is 0 Å². The van der Waals surface area contributed by atoms with Crippen molar-refractivity contribution in [2.75, 3.05) is 20.3 Å². The number of aliphatic carboxylic acids is 1. The number of nitrogens with one attached hydrogen (secondary N) is 1. The van der Waals surface area contributed by atoms with Crippen LogP contribution in [0.4, 0.5) is 4.79 Å². The lowest BCUT2D eigenvalue weighted by molar-refractivity contribution is -0.158. The summed E-state index contributed by atoms with van der Waals surface area (Å²) in [6, 6.07) is -1.17. The Bertz CT molecular complexity index is 356. The monoisotopic (exact) mass is 289 g/mol. The molecular formula is C13H23NO6. The molecule has 2 N–H and O–H groups in total. The number of carboxylic acid groups (broad SMARTS) is 1. The maximum absolute atomic E-state index is 11.8. The van der Waals surface area contributed by atoms with Gasteiger partial charge in [0, 0.05) is 33.2 Å². The normalized spacial score (nSPS) is 20.0. The van der Waals surface area contributed by atoms with Crippen LogP contribution in [0, 0.1) is 0 Å². The zero-order chi connectivity index (χ0) is 15.4. The topological polar surface area (TPSA) is 94.1 Å². The van der Waals surface area contributed by atoms with Gasteiger partial charge in [-0.25, -0.2) is 9.59 Å². The summed E-state index contributed by atoms with van der Waals surface area (Å²) >= 11 is 0. The Balaban J connectivity index is 2.82. The zero-order valence-electron chi connectivity index (χ0n) is 12.4. The van der Waals surface area contributed by atoms with E-state index in [1.165, 1.54) is 7.11 Å². The van der Waals surface area contributed by atoms with Gasteiger partial charge in [-0.15, -0.1) is 0 Å². The van der Waals surface area contributed by atoms with Crippen molar-refractivity contribution in [2.24, 2.45) is 0 Å². The minimum absolute atomic E-state index is 0.396. The van der Waals surface area contributed by atoms with Gasteiger partial charge in [0.15, 0.2) is 6.04 Å². The Morgan fingerprint density at radius 3 is 2.25 bits per heavy atom. The molecule has 0 aromatic carbocycles. The molecule has 1 aliphatic rings. The Labute approximate surface area is 118 Å². The lowest BCUT2D eigenvalue weighted by atomic mass is 9.86. The molecule has 0 aliphatic carbocycles. The van der Waals surface area contributed by atoms with Crippen LogP contribution in [0.5, 0.6) is 0 Å². The van der Waals surface area contributed by atoms with Crippen LogP contribution >= 0.6 is 0 Å². The summed E-state index contributed by atoms with van der Waals surface area (Å²) in [5, 5.41) is 11.8. The number of carbonyl (C=O) groups is 2. The van der Waals surface area contributed by atoms with E-state index >= 15 is 0 Å². The van der Waals surface area contributed by atoms with Gasteiger partial charge >= 0.3 is 12.1 Å². The number of carboxylic acids is 1. The highest BCUT2D eigenvalue weighted by Crippen LogP contribution is 2.28. The van der Waals surface area contributed by atoms with E-state index in [2.05, 4.69) is 5.32 Å². The molecule has 20 heavy (non-hydrogen) atoms. The summed E-state index contributed by atoms with van der Waals surface area (Å²) in [4.78, 5) is 23.3. The molecule has 1 rings (SSSR count). The zero-order valence-corrected chi connectivity index (χ0v) is 12.4. The van der Waals surface area contributed by atoms with Crippen LogP contribution in [0.2, 0.25) is 0 Å². The van der Waals surface area contributed by atoms with Crippen LogP contribution < -0.4 is 5.32 Å². The number of amides is 1. The van der Waals surface area contributed by atoms with E-state index in [9.17, 15) is 14.7 Å². The molecule has 0 spiro atoms. The molecule has 1 aliphatic heterocycles. The molecule has 1 fully saturated rings. The molecule has 1 heterocycles. The quantitative estimate of drug-likeness (QED) is 0.806. The first-order chi connectivity index (χ1) is 9.20. The molecule has 7 heteroatoms. The first-order valence-corrected chi connectivity index (χ1v) is 6.55. The van der Waals surface area contributed by atoms with Gasteiger partial charge in [0.1, 0.15) is 11.2 Å². The summed E-state index contributed by atoms with van der Waals surface area (Å²) in [7, 11) is 1.44. The number of rotatable bonds is 4. The van der Waals surface area contributed by atoms with Crippen molar-refractivity contribution in [3.05, 3.63) is 0 Å². The van der Waals surface area contributed by atoms with E-state index in [0.717, 1.165) is 0 Å². The molecular weight excluding hydrogens is 266 g/mol. The number of ether oxygens (including phenoxy) is 3. The van der Waals surface area contributed by atoms with Gasteiger partial charge in [-0.1, -0.05) is 0 Å². The van der Waals surface area contributed by atoms with E-state index in [1.807, 2.05) is 0 Å². The lowest BCUT2D eigenvalue weighted by Crippen LogP contribution is -2.60. The maximum Gasteiger partial charge on any atom is 0.408 e. The van der Waals surface area contributed by atoms with Gasteiger partial charge < -0.3 is 24.6 Å². The van der Waals surface area contributed by atoms with Crippen LogP contribution in [-0.4, -0.2) is 54.7 Å². The number of carbonyl (C=O) groups excluding carboxylic acids is 1. The second-order valence-corrected chi connectivity index (χ2v) is 5.80. The summed E-state index contributed by atoms with van der Waals surface area (Å²) in [5.74, 6) is -1.15. The molecule has 0 aromatic heterocycles. The van der Waals surface area contributed by atoms with Crippen LogP contribution in [0.25, 0.3) is 0 Å². The van der Waals surface area contributed by atoms with Gasteiger partial charge in [-0.2, -0.15) is 0 Å². The summed E-state index contributed by atoms with van der Waals surface area (Å²) in [5.41, 5.74) is -1.66. The van der Waals surface area contributed by atoms with Crippen molar-refractivity contribution in [1.82, 2.24) is 5.32 Å². The fourth-order valence-corrected chi connectivity index (χ4v) is 2.17. The summed E-state index contributed by atoms with van der Waals surface area (Å²) in [6.07, 6.45) is 0.0276. The molecule has 0 radical (unpaired) electrons. The molecule has 1 atom stereocenters. The van der Waals surface area contributed by atoms with Crippen LogP contribution in [0.3, 0.4) is 0 Å². The molecule has 0 aromatic rings. The standard InChI is InChI=1S/C13H23NO6/c1-12(2,3)20-11(17)14-9(10(15)16)13(18-4)5-7-19-8-6-13/h9H,5-8H2,1-4H3,(H,14,17)(H,15,16). The van der Waals surface area contributed by atoms with Crippen molar-refractivity contribution >= 4 is 12.1 Å². The van der Waals surface area contributed by atoms with Crippen molar-refractivity contribution in [1.29, 1.82) is 0 Å². The second-order valence-electron chi connectivity index (χ2n) is 5.80. The SMILES string of the molecule is COC1(C(NC(=O)OC(C)(C)C)C(=O)O)CCOCC1. The third kappa shape index (κ3) is 4.35. The molecule has 1 unspecified atom stereocenters. The minimum Gasteiger partial charge on any atom is -0.480 e. The third-order valence-corrected chi connectivity index (χ3v) is 3.18. The highest BCUT2D eigenvalue weighted by atomic mass is 16.6. The molecule has 0 saturated carbocycles. The van der Waals surface area contributed by atoms with Crippen molar-refractivity contribution in [3.63, 3.8) is 0 Å². The highest BCUT2D eigenvalue weighted by molar-refractivity contribution is 5.81. The van der Waals surface area contributed by atoms with E-state index in [-0.39, 0.29) is 0 Å². The fraction of sp³-hybridized carbons (Fsp3) is 0.846. The van der Waals surface area contributed by atoms with Crippen molar-refractivity contribution < 1.29 is 28.9 Å². The largest absolute Gasteiger partial charge is 0.480 e. The van der Waals surface area contributed by atoms with Gasteiger partial charge in [-0.05, 0) is 20.8 Å². The van der Waals surface area contributed by atoms with Crippen LogP contribution in [0.1, 0.15) is 33.6 Å². The number of hydrogen-bond donors (Lipinski definition) is 2. The van der Waals surface area contributed by atoms with E-state index in [4.69, 9.17) is 14.2 Å². The molecule has 7 nitrogen and oxygen atoms in total. The summed E-state index contributed by atoms with van der Waals surface area (Å²) in [6.45, 7) is 5.93. The number of alkyl carbamates (subject to hydrolysis) is 1. The van der Waals surface area contributed by atoms with Crippen LogP contribution in [0.15, 0.2) is 0 Å². The number of methoxy groups -OCH3 is 1. The minimum atomic E-state index is -1.17. The lowest BCUT2D eigenvalue weighted by Gasteiger charge is -2.40. The Morgan fingerprint density at radius 1 is 1.30 bits per heavy atom. The van der Waals surface area contributed by atoms with E-state index in [0.29, 0.717) is 26.1 Å². The number of hydrogen-bond acceptors (Lipinski definition) is 5. The second kappa shape index (κ2) is 6.41. The average molecular weight is 289 g/mol. The fourth-order valence-electron chi connectivity index (χ4n) is 2.17. The van der Waals surface area contributed by atoms with Crippen molar-refractivity contribution in [2.45, 2.75) is 50.9 Å². The van der Waals surface area contributed by atoms with Crippen molar-refractivity contribution in [3.8, 4) is 0 Å². The maximum atomic E-state index is 11.8. The van der Waals surface area contributed by atoms with E-state index in [1.54, 1.807) is 20.8 Å². The van der Waals surface area contributed by atoms with Gasteiger partial charge in [0.25, 0.3) is 0 Å². The molecule has 116 valence electrons. The van der Waals surface area contributed by atoms with Crippen LogP contribution in [-0.2, 0) is 19.0 Å². The predicted octanol–water partition coefficient (Wildman–Crippen LogP) is 1.16. The van der Waals surface area contributed by atoms with E-state index < -0.39 is 29.3 Å². The Kier molecular flexibility index (Phi) is 5.35. The molecule has 1 saturated heterocycles. The first-order valence-electron chi connectivity index (χ1n) is 6.55. The average Bonchev–Trinajstić information content (AvgIpc) is 2.34. The Morgan fingerprint density at radius 2 is 1.85 bits per heavy atom. The summed E-state index contributed by atoms with van der Waals surface area (Å²) < 4.78 is 15.7. The van der Waals surface area contributed by atoms with Gasteiger partial charge in [0.05, 0.1) is 0 Å². The van der Waals surface area contributed by atoms with Gasteiger partial charge in [0.2, 0.25) is 0 Å². The highest BCUT2D eigenvalue weighted by Gasteiger charge is 2.46. The third-order valence-electron chi connectivity index (χ3n) is 3.18. The molecule has 0 bridgehead atoms. The first kappa shape index (κ1) is 16.7. The predicted molar refractivity (Wildman–Crippen MR) is 70.6 cm³/mol. The smallest absolute Gasteiger partial charge is 0.408 e. The Hall–Kier alpha value is -1.34.